The molecule has 2 fully saturated rings. The lowest BCUT2D eigenvalue weighted by atomic mass is 9.43. The van der Waals surface area contributed by atoms with Crippen LogP contribution in [-0.4, -0.2) is 56.2 Å². The molecule has 1 saturated heterocycles. The molecule has 8 rings (SSSR count). The molecule has 6 aliphatic rings. The van der Waals surface area contributed by atoms with Gasteiger partial charge >= 0.3 is 0 Å². The Labute approximate surface area is 186 Å². The van der Waals surface area contributed by atoms with E-state index in [1.165, 1.54) is 11.1 Å². The number of nitrogens with zero attached hydrogens (tertiary/aromatic N) is 7. The van der Waals surface area contributed by atoms with Gasteiger partial charge in [0.25, 0.3) is 0 Å². The molecule has 2 aromatic heterocycles. The van der Waals surface area contributed by atoms with Crippen LogP contribution in [0.1, 0.15) is 23.7 Å². The minimum Gasteiger partial charge on any atom is -0.395 e. The Morgan fingerprint density at radius 2 is 1.22 bits per heavy atom. The lowest BCUT2D eigenvalue weighted by Gasteiger charge is -2.60. The summed E-state index contributed by atoms with van der Waals surface area (Å²) in [5.41, 5.74) is 2.71. The van der Waals surface area contributed by atoms with E-state index >= 15 is 0 Å². The van der Waals surface area contributed by atoms with Crippen molar-refractivity contribution in [2.45, 2.75) is 12.1 Å². The molecule has 2 aliphatic heterocycles. The summed E-state index contributed by atoms with van der Waals surface area (Å²) < 4.78 is 0. The fraction of sp³-hybridized carbons (Fsp3) is 0.500. The number of azo groups is 1. The van der Waals surface area contributed by atoms with Crippen LogP contribution >= 0.6 is 0 Å². The topological polar surface area (TPSA) is 99.8 Å². The molecule has 8 atom stereocenters. The third kappa shape index (κ3) is 2.50. The molecule has 0 amide bonds. The molecule has 2 bridgehead atoms. The van der Waals surface area contributed by atoms with E-state index in [0.717, 1.165) is 31.3 Å². The number of β-amino-alcohol motifs (C(OH)–C–C–N with tert-alkyl or cyclic N) is 1. The van der Waals surface area contributed by atoms with Crippen LogP contribution in [0.15, 0.2) is 70.4 Å². The van der Waals surface area contributed by atoms with Gasteiger partial charge in [0.15, 0.2) is 23.7 Å². The number of allylic oxidation sites excluding steroid dienone is 2. The maximum absolute atomic E-state index is 9.50. The Hall–Kier alpha value is -2.84. The van der Waals surface area contributed by atoms with Crippen molar-refractivity contribution in [1.82, 2.24) is 24.8 Å². The first-order valence-electron chi connectivity index (χ1n) is 11.5. The summed E-state index contributed by atoms with van der Waals surface area (Å²) in [6.45, 7) is 3.13. The Morgan fingerprint density at radius 1 is 0.750 bits per heavy atom. The van der Waals surface area contributed by atoms with E-state index in [9.17, 15) is 5.11 Å². The third-order valence-corrected chi connectivity index (χ3v) is 8.26. The van der Waals surface area contributed by atoms with Gasteiger partial charge in [0.1, 0.15) is 0 Å². The quantitative estimate of drug-likeness (QED) is 0.753. The predicted octanol–water partition coefficient (Wildman–Crippen LogP) is 2.41. The second-order valence-electron chi connectivity index (χ2n) is 9.56. The van der Waals surface area contributed by atoms with Crippen molar-refractivity contribution in [1.29, 1.82) is 0 Å². The molecule has 4 aliphatic carbocycles. The van der Waals surface area contributed by atoms with E-state index < -0.39 is 0 Å². The molecule has 8 nitrogen and oxygen atoms in total. The summed E-state index contributed by atoms with van der Waals surface area (Å²) in [4.78, 5) is 20.6. The van der Waals surface area contributed by atoms with Gasteiger partial charge < -0.3 is 10.0 Å². The highest BCUT2D eigenvalue weighted by atomic mass is 16.3. The van der Waals surface area contributed by atoms with Gasteiger partial charge in [-0.25, -0.2) is 19.9 Å². The Morgan fingerprint density at radius 3 is 1.66 bits per heavy atom. The second-order valence-corrected chi connectivity index (χ2v) is 9.56. The van der Waals surface area contributed by atoms with Crippen LogP contribution in [0.5, 0.6) is 0 Å². The zero-order chi connectivity index (χ0) is 21.2. The van der Waals surface area contributed by atoms with Gasteiger partial charge in [0.2, 0.25) is 0 Å². The van der Waals surface area contributed by atoms with Gasteiger partial charge in [-0.2, -0.15) is 10.2 Å². The fourth-order valence-electron chi connectivity index (χ4n) is 7.19. The van der Waals surface area contributed by atoms with Gasteiger partial charge in [-0.15, -0.1) is 0 Å². The van der Waals surface area contributed by atoms with Crippen LogP contribution < -0.4 is 0 Å². The number of aromatic nitrogens is 4. The number of aliphatic hydroxyl groups excluding tert-OH is 1. The molecule has 8 heteroatoms. The van der Waals surface area contributed by atoms with E-state index in [0.29, 0.717) is 35.5 Å². The summed E-state index contributed by atoms with van der Waals surface area (Å²) >= 11 is 0. The average Bonchev–Trinajstić information content (AvgIpc) is 3.28. The van der Waals surface area contributed by atoms with Gasteiger partial charge in [0, 0.05) is 44.4 Å². The van der Waals surface area contributed by atoms with Crippen molar-refractivity contribution in [2.75, 3.05) is 26.2 Å². The molecule has 0 aromatic carbocycles. The van der Waals surface area contributed by atoms with Crippen molar-refractivity contribution in [3.05, 3.63) is 71.9 Å². The lowest BCUT2D eigenvalue weighted by Crippen LogP contribution is -2.56. The van der Waals surface area contributed by atoms with E-state index in [4.69, 9.17) is 10.2 Å². The second kappa shape index (κ2) is 7.08. The van der Waals surface area contributed by atoms with Crippen molar-refractivity contribution in [2.24, 2.45) is 45.7 Å². The van der Waals surface area contributed by atoms with Crippen LogP contribution in [-0.2, 0) is 0 Å². The normalized spacial score (nSPS) is 38.9. The molecule has 1 saturated carbocycles. The minimum absolute atomic E-state index is 0.214. The van der Waals surface area contributed by atoms with Crippen molar-refractivity contribution in [3.63, 3.8) is 0 Å². The first kappa shape index (κ1) is 18.7. The van der Waals surface area contributed by atoms with Gasteiger partial charge in [-0.3, -0.25) is 0 Å². The highest BCUT2D eigenvalue weighted by molar-refractivity contribution is 5.49. The monoisotopic (exact) mass is 427 g/mol. The smallest absolute Gasteiger partial charge is 0.158 e. The third-order valence-electron chi connectivity index (χ3n) is 8.26. The van der Waals surface area contributed by atoms with Crippen LogP contribution in [0.4, 0.5) is 0 Å². The molecular weight excluding hydrogens is 402 g/mol. The highest BCUT2D eigenvalue weighted by Gasteiger charge is 2.63. The zero-order valence-corrected chi connectivity index (χ0v) is 17.6. The maximum Gasteiger partial charge on any atom is 0.158 e. The minimum atomic E-state index is -0.214. The van der Waals surface area contributed by atoms with Crippen molar-refractivity contribution >= 4 is 0 Å². The van der Waals surface area contributed by atoms with E-state index in [-0.39, 0.29) is 18.7 Å². The van der Waals surface area contributed by atoms with Crippen molar-refractivity contribution in [3.8, 4) is 0 Å². The Balaban J connectivity index is 1.32. The van der Waals surface area contributed by atoms with Crippen LogP contribution in [0.3, 0.4) is 0 Å². The average molecular weight is 428 g/mol. The molecule has 0 spiro atoms. The Kier molecular flexibility index (Phi) is 4.14. The number of hydrogen-bond acceptors (Lipinski definition) is 8. The molecule has 1 N–H and O–H groups in total. The standard InChI is InChI=1S/C24H25N7O/c32-10-9-31-11-15-13-3-4-14(16(15)12-31)18-17(13)19-20(18)22(24-27-7-2-8-28-24)30-29-21(19)23-25-5-1-6-26-23/h1-8,13-18,21-22,32H,9-12H2. The summed E-state index contributed by atoms with van der Waals surface area (Å²) in [6, 6.07) is 3.25. The molecular formula is C24H25N7O. The lowest BCUT2D eigenvalue weighted by molar-refractivity contribution is 0.0347. The van der Waals surface area contributed by atoms with E-state index in [1.807, 2.05) is 12.1 Å². The summed E-state index contributed by atoms with van der Waals surface area (Å²) in [6.07, 6.45) is 12.1. The largest absolute Gasteiger partial charge is 0.395 e. The maximum atomic E-state index is 9.50. The zero-order valence-electron chi connectivity index (χ0n) is 17.6. The summed E-state index contributed by atoms with van der Waals surface area (Å²) in [5, 5.41) is 19.0. The van der Waals surface area contributed by atoms with Crippen molar-refractivity contribution < 1.29 is 5.11 Å². The molecule has 2 aromatic rings. The fourth-order valence-corrected chi connectivity index (χ4v) is 7.19. The van der Waals surface area contributed by atoms with Crippen LogP contribution in [0, 0.1) is 35.5 Å². The first-order valence-corrected chi connectivity index (χ1v) is 11.5. The number of aliphatic hydroxyl groups is 1. The van der Waals surface area contributed by atoms with E-state index in [1.54, 1.807) is 24.8 Å². The van der Waals surface area contributed by atoms with Gasteiger partial charge in [-0.1, -0.05) is 12.2 Å². The van der Waals surface area contributed by atoms with Gasteiger partial charge in [-0.05, 0) is 58.8 Å². The van der Waals surface area contributed by atoms with Crippen LogP contribution in [0.25, 0.3) is 0 Å². The highest BCUT2D eigenvalue weighted by Crippen LogP contribution is 2.68. The molecule has 4 heterocycles. The summed E-state index contributed by atoms with van der Waals surface area (Å²) in [7, 11) is 0. The SMILES string of the molecule is OCCN1CC2C3C=CC(C2C1)C1C2=C(C(c4ncccn4)N=NC2c2ncccn2)C31. The number of rotatable bonds is 4. The molecule has 0 radical (unpaired) electrons. The number of hydrogen-bond donors (Lipinski definition) is 1. The molecule has 162 valence electrons. The molecule has 8 unspecified atom stereocenters. The Bertz CT molecular complexity index is 1030. The first-order chi connectivity index (χ1) is 15.8. The number of likely N-dealkylation sites (tertiary alicyclic amines) is 1. The van der Waals surface area contributed by atoms with Crippen LogP contribution in [0.2, 0.25) is 0 Å². The predicted molar refractivity (Wildman–Crippen MR) is 115 cm³/mol. The molecule has 32 heavy (non-hydrogen) atoms. The van der Waals surface area contributed by atoms with E-state index in [2.05, 4.69) is 37.0 Å². The van der Waals surface area contributed by atoms with Gasteiger partial charge in [0.05, 0.1) is 6.61 Å². The summed E-state index contributed by atoms with van der Waals surface area (Å²) in [5.74, 6) is 4.62.